The van der Waals surface area contributed by atoms with Gasteiger partial charge in [-0.1, -0.05) is 27.7 Å². The lowest BCUT2D eigenvalue weighted by Crippen LogP contribution is -1.93. The Morgan fingerprint density at radius 1 is 1.14 bits per heavy atom. The predicted molar refractivity (Wildman–Crippen MR) is 79.6 cm³/mol. The Kier molecular flexibility index (Phi) is 12.1. The van der Waals surface area contributed by atoms with E-state index in [9.17, 15) is 14.4 Å². The third-order valence-corrected chi connectivity index (χ3v) is 1.70. The average Bonchev–Trinajstić information content (AvgIpc) is 2.95. The number of aliphatic carboxylic acids is 2. The van der Waals surface area contributed by atoms with Gasteiger partial charge >= 0.3 is 11.9 Å². The van der Waals surface area contributed by atoms with Crippen molar-refractivity contribution in [3.05, 3.63) is 29.6 Å². The van der Waals surface area contributed by atoms with Crippen LogP contribution >= 0.6 is 0 Å². The summed E-state index contributed by atoms with van der Waals surface area (Å²) in [5.74, 6) is -2.39. The summed E-state index contributed by atoms with van der Waals surface area (Å²) in [6.07, 6.45) is 3.20. The number of nitrogens with one attached hydrogen (secondary N) is 1. The average molecular weight is 296 g/mol. The van der Waals surface area contributed by atoms with Crippen molar-refractivity contribution < 1.29 is 24.6 Å². The summed E-state index contributed by atoms with van der Waals surface area (Å²) in [5, 5.41) is 23.0. The molecule has 1 heterocycles. The van der Waals surface area contributed by atoms with Crippen LogP contribution in [0.1, 0.15) is 39.1 Å². The van der Waals surface area contributed by atoms with Crippen molar-refractivity contribution in [1.29, 1.82) is 0 Å². The highest BCUT2D eigenvalue weighted by molar-refractivity contribution is 6.11. The summed E-state index contributed by atoms with van der Waals surface area (Å²) in [7, 11) is 0. The molecule has 116 valence electrons. The molecule has 21 heavy (non-hydrogen) atoms. The molecule has 7 nitrogen and oxygen atoms in total. The lowest BCUT2D eigenvalue weighted by atomic mass is 10.2. The number of rotatable bonds is 5. The number of allylic oxidation sites excluding steroid dienone is 1. The molecule has 0 atom stereocenters. The van der Waals surface area contributed by atoms with Crippen molar-refractivity contribution in [3.8, 4) is 0 Å². The normalized spacial score (nSPS) is 10.0. The summed E-state index contributed by atoms with van der Waals surface area (Å²) < 4.78 is 0. The van der Waals surface area contributed by atoms with Crippen LogP contribution in [0.3, 0.4) is 0 Å². The molecular formula is C14H20N2O5. The summed E-state index contributed by atoms with van der Waals surface area (Å²) in [6.45, 7) is 8.00. The zero-order chi connectivity index (χ0) is 16.8. The highest BCUT2D eigenvalue weighted by Gasteiger charge is 2.07. The first-order valence-corrected chi connectivity index (χ1v) is 6.39. The number of hydrogen-bond donors (Lipinski definition) is 3. The van der Waals surface area contributed by atoms with Gasteiger partial charge in [-0.25, -0.2) is 9.59 Å². The van der Waals surface area contributed by atoms with Crippen LogP contribution in [0.25, 0.3) is 11.6 Å². The van der Waals surface area contributed by atoms with Gasteiger partial charge in [-0.05, 0) is 12.1 Å². The Balaban J connectivity index is 0. The zero-order valence-corrected chi connectivity index (χ0v) is 12.5. The number of nitrogens with zero attached hydrogens (tertiary/aromatic N) is 1. The van der Waals surface area contributed by atoms with E-state index in [-0.39, 0.29) is 11.3 Å². The van der Waals surface area contributed by atoms with Crippen LogP contribution in [-0.4, -0.2) is 38.6 Å². The van der Waals surface area contributed by atoms with Crippen LogP contribution in [0.15, 0.2) is 18.2 Å². The maximum absolute atomic E-state index is 10.6. The molecule has 0 saturated carbocycles. The van der Waals surface area contributed by atoms with E-state index >= 15 is 0 Å². The largest absolute Gasteiger partial charge is 0.478 e. The summed E-state index contributed by atoms with van der Waals surface area (Å²) in [4.78, 5) is 31.3. The highest BCUT2D eigenvalue weighted by Crippen LogP contribution is 2.11. The first-order valence-electron chi connectivity index (χ1n) is 6.39. The van der Waals surface area contributed by atoms with Gasteiger partial charge in [0.2, 0.25) is 0 Å². The first kappa shape index (κ1) is 20.6. The van der Waals surface area contributed by atoms with Crippen LogP contribution in [0.5, 0.6) is 0 Å². The second kappa shape index (κ2) is 12.3. The Hall–Kier alpha value is -2.70. The van der Waals surface area contributed by atoms with Crippen molar-refractivity contribution in [2.75, 3.05) is 0 Å². The van der Waals surface area contributed by atoms with Crippen molar-refractivity contribution in [2.45, 2.75) is 27.7 Å². The van der Waals surface area contributed by atoms with E-state index in [1.54, 1.807) is 0 Å². The number of carbonyl (C=O) groups is 3. The molecule has 0 fully saturated rings. The molecule has 0 aliphatic rings. The van der Waals surface area contributed by atoms with Gasteiger partial charge in [-0.3, -0.25) is 9.89 Å². The summed E-state index contributed by atoms with van der Waals surface area (Å²) in [5.41, 5.74) is 0.372. The van der Waals surface area contributed by atoms with Crippen LogP contribution < -0.4 is 0 Å². The van der Waals surface area contributed by atoms with Crippen molar-refractivity contribution in [2.24, 2.45) is 0 Å². The number of H-pyrrole nitrogens is 1. The Bertz CT molecular complexity index is 515. The topological polar surface area (TPSA) is 120 Å². The molecule has 3 N–H and O–H groups in total. The highest BCUT2D eigenvalue weighted by atomic mass is 16.4. The van der Waals surface area contributed by atoms with Crippen LogP contribution in [0.4, 0.5) is 0 Å². The fraction of sp³-hybridized carbons (Fsp3) is 0.286. The van der Waals surface area contributed by atoms with Crippen LogP contribution in [0.2, 0.25) is 0 Å². The molecule has 0 aliphatic heterocycles. The van der Waals surface area contributed by atoms with E-state index in [0.717, 1.165) is 6.08 Å². The molecular weight excluding hydrogens is 276 g/mol. The van der Waals surface area contributed by atoms with Gasteiger partial charge in [0.15, 0.2) is 6.29 Å². The van der Waals surface area contributed by atoms with E-state index in [1.165, 1.54) is 12.1 Å². The standard InChI is InChI=1S/C10H8N2O5.2C2H6/c13-5-6(3-10(16)17)8-4-7(11-12-8)1-2-9(14)15;2*1-2/h1-5H,(H,11,12)(H,14,15)(H,16,17);2*1-2H3/b2-1+,6-3+;;. The van der Waals surface area contributed by atoms with E-state index in [2.05, 4.69) is 10.2 Å². The lowest BCUT2D eigenvalue weighted by molar-refractivity contribution is -0.132. The molecule has 0 spiro atoms. The monoisotopic (exact) mass is 296 g/mol. The third kappa shape index (κ3) is 8.93. The molecule has 1 aromatic rings. The van der Waals surface area contributed by atoms with Gasteiger partial charge in [-0.15, -0.1) is 0 Å². The van der Waals surface area contributed by atoms with Gasteiger partial charge in [0.25, 0.3) is 0 Å². The number of carboxylic acids is 2. The van der Waals surface area contributed by atoms with Crippen molar-refractivity contribution in [1.82, 2.24) is 10.2 Å². The third-order valence-electron chi connectivity index (χ3n) is 1.70. The minimum absolute atomic E-state index is 0.108. The Labute approximate surface area is 123 Å². The Morgan fingerprint density at radius 3 is 2.14 bits per heavy atom. The number of aromatic amines is 1. The van der Waals surface area contributed by atoms with E-state index in [1.807, 2.05) is 27.7 Å². The van der Waals surface area contributed by atoms with E-state index in [4.69, 9.17) is 10.2 Å². The summed E-state index contributed by atoms with van der Waals surface area (Å²) in [6, 6.07) is 1.36. The quantitative estimate of drug-likeness (QED) is 0.566. The smallest absolute Gasteiger partial charge is 0.329 e. The molecule has 0 bridgehead atoms. The minimum Gasteiger partial charge on any atom is -0.478 e. The molecule has 1 aromatic heterocycles. The molecule has 0 aromatic carbocycles. The molecule has 0 aliphatic carbocycles. The first-order chi connectivity index (χ1) is 10.0. The SMILES string of the molecule is CC.CC.O=C/C(=C\C(=O)O)c1cc(/C=C/C(=O)O)[nH]n1. The second-order valence-electron chi connectivity index (χ2n) is 2.94. The van der Waals surface area contributed by atoms with E-state index in [0.29, 0.717) is 18.1 Å². The fourth-order valence-corrected chi connectivity index (χ4v) is 1.03. The fourth-order valence-electron chi connectivity index (χ4n) is 1.03. The zero-order valence-electron chi connectivity index (χ0n) is 12.5. The number of hydrogen-bond acceptors (Lipinski definition) is 4. The van der Waals surface area contributed by atoms with Gasteiger partial charge in [0.1, 0.15) is 0 Å². The van der Waals surface area contributed by atoms with Crippen molar-refractivity contribution in [3.63, 3.8) is 0 Å². The lowest BCUT2D eigenvalue weighted by Gasteiger charge is -1.89. The second-order valence-corrected chi connectivity index (χ2v) is 2.94. The number of carboxylic acid groups (broad SMARTS) is 2. The number of aromatic nitrogens is 2. The molecule has 7 heteroatoms. The van der Waals surface area contributed by atoms with Crippen LogP contribution in [0, 0.1) is 0 Å². The molecule has 0 unspecified atom stereocenters. The molecule has 1 rings (SSSR count). The van der Waals surface area contributed by atoms with Gasteiger partial charge in [0.05, 0.1) is 11.4 Å². The molecule has 0 amide bonds. The minimum atomic E-state index is -1.27. The van der Waals surface area contributed by atoms with Gasteiger partial charge in [0, 0.05) is 17.7 Å². The molecule has 0 radical (unpaired) electrons. The van der Waals surface area contributed by atoms with Gasteiger partial charge in [-0.2, -0.15) is 5.10 Å². The maximum atomic E-state index is 10.6. The van der Waals surface area contributed by atoms with Crippen LogP contribution in [-0.2, 0) is 14.4 Å². The van der Waals surface area contributed by atoms with Crippen molar-refractivity contribution >= 4 is 29.9 Å². The maximum Gasteiger partial charge on any atom is 0.329 e. The Morgan fingerprint density at radius 2 is 1.71 bits per heavy atom. The predicted octanol–water partition coefficient (Wildman–Crippen LogP) is 2.23. The number of aldehydes is 1. The summed E-state index contributed by atoms with van der Waals surface area (Å²) >= 11 is 0. The number of carbonyl (C=O) groups excluding carboxylic acids is 1. The molecule has 0 saturated heterocycles. The van der Waals surface area contributed by atoms with E-state index < -0.39 is 11.9 Å². The van der Waals surface area contributed by atoms with Gasteiger partial charge < -0.3 is 10.2 Å².